The molecule has 100 valence electrons. The number of pyridine rings is 1. The second-order valence-corrected chi connectivity index (χ2v) is 4.55. The van der Waals surface area contributed by atoms with Crippen LogP contribution in [-0.4, -0.2) is 17.2 Å². The van der Waals surface area contributed by atoms with E-state index in [0.717, 1.165) is 11.3 Å². The van der Waals surface area contributed by atoms with E-state index in [-0.39, 0.29) is 11.8 Å². The van der Waals surface area contributed by atoms with Crippen molar-refractivity contribution in [1.82, 2.24) is 4.98 Å². The van der Waals surface area contributed by atoms with Gasteiger partial charge >= 0.3 is 0 Å². The van der Waals surface area contributed by atoms with Crippen molar-refractivity contribution >= 4 is 17.3 Å². The first-order chi connectivity index (χ1) is 9.10. The number of hydrogen-bond donors (Lipinski definition) is 2. The van der Waals surface area contributed by atoms with Gasteiger partial charge < -0.3 is 15.2 Å². The van der Waals surface area contributed by atoms with Crippen LogP contribution >= 0.6 is 11.6 Å². The fourth-order valence-electron chi connectivity index (χ4n) is 1.84. The molecule has 0 saturated heterocycles. The minimum absolute atomic E-state index is 0.0654. The maximum Gasteiger partial charge on any atom is 0.131 e. The summed E-state index contributed by atoms with van der Waals surface area (Å²) in [5, 5.41) is 13.6. The van der Waals surface area contributed by atoms with Crippen LogP contribution in [0.15, 0.2) is 36.5 Å². The Kier molecular flexibility index (Phi) is 4.12. The van der Waals surface area contributed by atoms with E-state index in [2.05, 4.69) is 10.3 Å². The highest BCUT2D eigenvalue weighted by Crippen LogP contribution is 2.30. The summed E-state index contributed by atoms with van der Waals surface area (Å²) in [7, 11) is 1.56. The number of hydrogen-bond acceptors (Lipinski definition) is 4. The van der Waals surface area contributed by atoms with E-state index in [0.29, 0.717) is 10.9 Å². The van der Waals surface area contributed by atoms with Gasteiger partial charge in [-0.05, 0) is 31.2 Å². The third kappa shape index (κ3) is 3.29. The van der Waals surface area contributed by atoms with Crippen molar-refractivity contribution in [2.75, 3.05) is 12.4 Å². The Morgan fingerprint density at radius 1 is 1.32 bits per heavy atom. The van der Waals surface area contributed by atoms with Gasteiger partial charge in [0.1, 0.15) is 16.7 Å². The molecule has 0 spiro atoms. The van der Waals surface area contributed by atoms with Crippen LogP contribution in [0.2, 0.25) is 5.15 Å². The molecular formula is C14H15ClN2O2. The van der Waals surface area contributed by atoms with E-state index in [1.807, 2.05) is 25.1 Å². The van der Waals surface area contributed by atoms with Crippen molar-refractivity contribution in [3.8, 4) is 11.5 Å². The molecule has 0 aliphatic carbocycles. The maximum absolute atomic E-state index is 9.97. The van der Waals surface area contributed by atoms with Crippen molar-refractivity contribution in [2.45, 2.75) is 13.0 Å². The third-order valence-corrected chi connectivity index (χ3v) is 3.02. The highest BCUT2D eigenvalue weighted by Gasteiger charge is 2.11. The molecule has 0 aliphatic rings. The number of halogens is 1. The van der Waals surface area contributed by atoms with Gasteiger partial charge in [0.25, 0.3) is 0 Å². The molecule has 0 saturated carbocycles. The standard InChI is InChI=1S/C14H15ClN2O2/c1-9(17-10-5-6-16-14(15)7-10)12-4-3-11(19-2)8-13(12)18/h3-9,18H,1-2H3,(H,16,17). The molecule has 2 aromatic rings. The molecule has 1 unspecified atom stereocenters. The summed E-state index contributed by atoms with van der Waals surface area (Å²) in [4.78, 5) is 3.92. The van der Waals surface area contributed by atoms with Gasteiger partial charge in [0, 0.05) is 23.5 Å². The molecule has 4 nitrogen and oxygen atoms in total. The van der Waals surface area contributed by atoms with E-state index < -0.39 is 0 Å². The predicted octanol–water partition coefficient (Wildman–Crippen LogP) is 3.62. The first-order valence-electron chi connectivity index (χ1n) is 5.85. The van der Waals surface area contributed by atoms with Crippen LogP contribution in [0.25, 0.3) is 0 Å². The van der Waals surface area contributed by atoms with Gasteiger partial charge in [0.15, 0.2) is 0 Å². The number of anilines is 1. The Morgan fingerprint density at radius 2 is 2.11 bits per heavy atom. The fourth-order valence-corrected chi connectivity index (χ4v) is 2.01. The highest BCUT2D eigenvalue weighted by atomic mass is 35.5. The molecule has 1 atom stereocenters. The first kappa shape index (κ1) is 13.5. The van der Waals surface area contributed by atoms with Gasteiger partial charge in [0.2, 0.25) is 0 Å². The second-order valence-electron chi connectivity index (χ2n) is 4.16. The molecule has 0 amide bonds. The SMILES string of the molecule is COc1ccc(C(C)Nc2ccnc(Cl)c2)c(O)c1. The van der Waals surface area contributed by atoms with Crippen molar-refractivity contribution in [3.63, 3.8) is 0 Å². The number of methoxy groups -OCH3 is 1. The van der Waals surface area contributed by atoms with E-state index in [1.54, 1.807) is 25.4 Å². The zero-order valence-electron chi connectivity index (χ0n) is 10.7. The van der Waals surface area contributed by atoms with Crippen molar-refractivity contribution in [3.05, 3.63) is 47.2 Å². The number of rotatable bonds is 4. The van der Waals surface area contributed by atoms with Gasteiger partial charge in [-0.15, -0.1) is 0 Å². The van der Waals surface area contributed by atoms with Crippen LogP contribution < -0.4 is 10.1 Å². The number of nitrogens with zero attached hydrogens (tertiary/aromatic N) is 1. The Bertz CT molecular complexity index is 575. The summed E-state index contributed by atoms with van der Waals surface area (Å²) in [5.41, 5.74) is 1.64. The minimum Gasteiger partial charge on any atom is -0.507 e. The van der Waals surface area contributed by atoms with E-state index >= 15 is 0 Å². The van der Waals surface area contributed by atoms with Gasteiger partial charge in [-0.1, -0.05) is 11.6 Å². The average molecular weight is 279 g/mol. The van der Waals surface area contributed by atoms with E-state index in [4.69, 9.17) is 16.3 Å². The summed E-state index contributed by atoms with van der Waals surface area (Å²) in [6.45, 7) is 1.95. The van der Waals surface area contributed by atoms with Crippen LogP contribution in [-0.2, 0) is 0 Å². The Hall–Kier alpha value is -1.94. The van der Waals surface area contributed by atoms with Gasteiger partial charge in [0.05, 0.1) is 13.2 Å². The van der Waals surface area contributed by atoms with Crippen LogP contribution in [0.5, 0.6) is 11.5 Å². The molecule has 5 heteroatoms. The largest absolute Gasteiger partial charge is 0.507 e. The summed E-state index contributed by atoms with van der Waals surface area (Å²) in [6, 6.07) is 8.72. The molecule has 2 N–H and O–H groups in total. The molecule has 2 rings (SSSR count). The zero-order valence-corrected chi connectivity index (χ0v) is 11.5. The molecule has 1 aromatic heterocycles. The van der Waals surface area contributed by atoms with Gasteiger partial charge in [-0.2, -0.15) is 0 Å². The van der Waals surface area contributed by atoms with Crippen LogP contribution in [0.1, 0.15) is 18.5 Å². The number of aromatic hydroxyl groups is 1. The predicted molar refractivity (Wildman–Crippen MR) is 75.9 cm³/mol. The number of aromatic nitrogens is 1. The highest BCUT2D eigenvalue weighted by molar-refractivity contribution is 6.29. The molecule has 0 radical (unpaired) electrons. The lowest BCUT2D eigenvalue weighted by Gasteiger charge is -2.17. The quantitative estimate of drug-likeness (QED) is 0.839. The van der Waals surface area contributed by atoms with Gasteiger partial charge in [-0.25, -0.2) is 4.98 Å². The maximum atomic E-state index is 9.97. The second kappa shape index (κ2) is 5.80. The minimum atomic E-state index is -0.0654. The molecule has 0 fully saturated rings. The van der Waals surface area contributed by atoms with Crippen molar-refractivity contribution < 1.29 is 9.84 Å². The normalized spacial score (nSPS) is 11.9. The molecule has 1 aromatic carbocycles. The molecule has 1 heterocycles. The lowest BCUT2D eigenvalue weighted by molar-refractivity contribution is 0.406. The van der Waals surface area contributed by atoms with Gasteiger partial charge in [-0.3, -0.25) is 0 Å². The average Bonchev–Trinajstić information content (AvgIpc) is 2.38. The summed E-state index contributed by atoms with van der Waals surface area (Å²) >= 11 is 5.83. The number of phenolic OH excluding ortho intramolecular Hbond substituents is 1. The third-order valence-electron chi connectivity index (χ3n) is 2.81. The van der Waals surface area contributed by atoms with Crippen molar-refractivity contribution in [1.29, 1.82) is 0 Å². The topological polar surface area (TPSA) is 54.4 Å². The Morgan fingerprint density at radius 3 is 2.74 bits per heavy atom. The first-order valence-corrected chi connectivity index (χ1v) is 6.23. The molecular weight excluding hydrogens is 264 g/mol. The Labute approximate surface area is 117 Å². The summed E-state index contributed by atoms with van der Waals surface area (Å²) < 4.78 is 5.06. The lowest BCUT2D eigenvalue weighted by atomic mass is 10.1. The van der Waals surface area contributed by atoms with Crippen LogP contribution in [0.3, 0.4) is 0 Å². The zero-order chi connectivity index (χ0) is 13.8. The number of nitrogens with one attached hydrogen (secondary N) is 1. The van der Waals surface area contributed by atoms with E-state index in [9.17, 15) is 5.11 Å². The number of benzene rings is 1. The molecule has 0 bridgehead atoms. The lowest BCUT2D eigenvalue weighted by Crippen LogP contribution is -2.07. The smallest absolute Gasteiger partial charge is 0.131 e. The van der Waals surface area contributed by atoms with E-state index in [1.165, 1.54) is 0 Å². The van der Waals surface area contributed by atoms with Crippen LogP contribution in [0, 0.1) is 0 Å². The monoisotopic (exact) mass is 278 g/mol. The molecule has 0 aliphatic heterocycles. The summed E-state index contributed by atoms with van der Waals surface area (Å²) in [5.74, 6) is 0.819. The molecule has 19 heavy (non-hydrogen) atoms. The number of ether oxygens (including phenoxy) is 1. The fraction of sp³-hybridized carbons (Fsp3) is 0.214. The number of phenols is 1. The van der Waals surface area contributed by atoms with Crippen molar-refractivity contribution in [2.24, 2.45) is 0 Å². The van der Waals surface area contributed by atoms with Crippen LogP contribution in [0.4, 0.5) is 5.69 Å². The summed E-state index contributed by atoms with van der Waals surface area (Å²) in [6.07, 6.45) is 1.63. The Balaban J connectivity index is 2.18.